The molecule has 1 heterocycles. The largest absolute Gasteiger partial charge is 0.383 e. The van der Waals surface area contributed by atoms with Crippen molar-refractivity contribution >= 4 is 44.4 Å². The van der Waals surface area contributed by atoms with E-state index >= 15 is 0 Å². The van der Waals surface area contributed by atoms with Gasteiger partial charge in [-0.2, -0.15) is 0 Å². The lowest BCUT2D eigenvalue weighted by molar-refractivity contribution is 0.102. The average Bonchev–Trinajstić information content (AvgIpc) is 2.66. The zero-order chi connectivity index (χ0) is 20.3. The summed E-state index contributed by atoms with van der Waals surface area (Å²) < 4.78 is 7.54. The molecule has 0 N–H and O–H groups in total. The molecule has 0 aliphatic carbocycles. The maximum absolute atomic E-state index is 13.0. The molecule has 0 saturated heterocycles. The molecule has 0 atom stereocenters. The number of methoxy groups -OCH3 is 1. The molecule has 28 heavy (non-hydrogen) atoms. The van der Waals surface area contributed by atoms with Gasteiger partial charge >= 0.3 is 0 Å². The van der Waals surface area contributed by atoms with Crippen LogP contribution in [0.25, 0.3) is 10.9 Å². The third-order valence-corrected chi connectivity index (χ3v) is 5.88. The fraction of sp³-hybridized carbons (Fsp3) is 0.286. The number of thioether (sulfide) groups is 1. The standard InChI is InChI=1S/C21H21BrN2O3S/c1-13-4-6-16(14(2)10-13)19(25)12-28-21-23-18-7-5-15(22)11-17(18)20(26)24(21)8-9-27-3/h4-7,10-11H,8-9,12H2,1-3H3. The normalized spacial score (nSPS) is 11.1. The number of hydrogen-bond donors (Lipinski definition) is 0. The zero-order valence-electron chi connectivity index (χ0n) is 16.0. The lowest BCUT2D eigenvalue weighted by Gasteiger charge is -2.13. The topological polar surface area (TPSA) is 61.2 Å². The first-order chi connectivity index (χ1) is 13.4. The predicted molar refractivity (Wildman–Crippen MR) is 117 cm³/mol. The van der Waals surface area contributed by atoms with E-state index in [1.807, 2.05) is 38.1 Å². The van der Waals surface area contributed by atoms with Gasteiger partial charge < -0.3 is 4.74 Å². The summed E-state index contributed by atoms with van der Waals surface area (Å²) in [6, 6.07) is 11.2. The first kappa shape index (κ1) is 20.8. The summed E-state index contributed by atoms with van der Waals surface area (Å²) in [5, 5.41) is 1.06. The lowest BCUT2D eigenvalue weighted by Crippen LogP contribution is -2.25. The number of carbonyl (C=O) groups excluding carboxylic acids is 1. The highest BCUT2D eigenvalue weighted by molar-refractivity contribution is 9.10. The Labute approximate surface area is 176 Å². The van der Waals surface area contributed by atoms with Crippen molar-refractivity contribution in [3.8, 4) is 0 Å². The molecule has 0 bridgehead atoms. The molecule has 0 spiro atoms. The van der Waals surface area contributed by atoms with Gasteiger partial charge in [0, 0.05) is 17.1 Å². The number of aromatic nitrogens is 2. The van der Waals surface area contributed by atoms with E-state index in [1.165, 1.54) is 11.8 Å². The molecule has 0 aliphatic heterocycles. The molecule has 146 valence electrons. The molecule has 5 nitrogen and oxygen atoms in total. The summed E-state index contributed by atoms with van der Waals surface area (Å²) in [6.07, 6.45) is 0. The van der Waals surface area contributed by atoms with Crippen LogP contribution in [0.4, 0.5) is 0 Å². The van der Waals surface area contributed by atoms with Gasteiger partial charge in [0.25, 0.3) is 5.56 Å². The van der Waals surface area contributed by atoms with Crippen LogP contribution < -0.4 is 5.56 Å². The van der Waals surface area contributed by atoms with Crippen LogP contribution in [-0.2, 0) is 11.3 Å². The molecule has 0 amide bonds. The molecule has 0 unspecified atom stereocenters. The van der Waals surface area contributed by atoms with E-state index in [2.05, 4.69) is 20.9 Å². The predicted octanol–water partition coefficient (Wildman–Crippen LogP) is 4.40. The summed E-state index contributed by atoms with van der Waals surface area (Å²) in [6.45, 7) is 4.71. The molecule has 2 aromatic carbocycles. The van der Waals surface area contributed by atoms with Gasteiger partial charge in [-0.25, -0.2) is 4.98 Å². The van der Waals surface area contributed by atoms with Gasteiger partial charge in [-0.1, -0.05) is 51.5 Å². The molecule has 7 heteroatoms. The molecule has 3 rings (SSSR count). The van der Waals surface area contributed by atoms with Gasteiger partial charge in [-0.05, 0) is 37.6 Å². The second-order valence-corrected chi connectivity index (χ2v) is 8.39. The SMILES string of the molecule is COCCn1c(SCC(=O)c2ccc(C)cc2C)nc2ccc(Br)cc2c1=O. The Bertz CT molecular complexity index is 1090. The maximum Gasteiger partial charge on any atom is 0.262 e. The molecule has 0 radical (unpaired) electrons. The number of fused-ring (bicyclic) bond motifs is 1. The quantitative estimate of drug-likeness (QED) is 0.297. The van der Waals surface area contributed by atoms with Crippen molar-refractivity contribution in [2.45, 2.75) is 25.5 Å². The van der Waals surface area contributed by atoms with Crippen LogP contribution in [0.5, 0.6) is 0 Å². The van der Waals surface area contributed by atoms with Crippen molar-refractivity contribution in [2.75, 3.05) is 19.5 Å². The van der Waals surface area contributed by atoms with Crippen LogP contribution in [0.15, 0.2) is 50.8 Å². The zero-order valence-corrected chi connectivity index (χ0v) is 18.4. The van der Waals surface area contributed by atoms with E-state index in [4.69, 9.17) is 4.74 Å². The van der Waals surface area contributed by atoms with Gasteiger partial charge in [0.2, 0.25) is 0 Å². The third kappa shape index (κ3) is 4.54. The number of carbonyl (C=O) groups is 1. The number of halogens is 1. The van der Waals surface area contributed by atoms with Crippen LogP contribution >= 0.6 is 27.7 Å². The summed E-state index contributed by atoms with van der Waals surface area (Å²) in [7, 11) is 1.59. The first-order valence-corrected chi connectivity index (χ1v) is 10.6. The van der Waals surface area contributed by atoms with Crippen LogP contribution in [0.3, 0.4) is 0 Å². The van der Waals surface area contributed by atoms with Crippen molar-refractivity contribution in [3.63, 3.8) is 0 Å². The van der Waals surface area contributed by atoms with Crippen molar-refractivity contribution in [1.29, 1.82) is 0 Å². The maximum atomic E-state index is 13.0. The summed E-state index contributed by atoms with van der Waals surface area (Å²) in [5.41, 5.74) is 3.26. The molecular weight excluding hydrogens is 440 g/mol. The number of hydrogen-bond acceptors (Lipinski definition) is 5. The first-order valence-electron chi connectivity index (χ1n) is 8.83. The van der Waals surface area contributed by atoms with Crippen molar-refractivity contribution in [3.05, 3.63) is 67.9 Å². The Morgan fingerprint density at radius 1 is 1.21 bits per heavy atom. The fourth-order valence-corrected chi connectivity index (χ4v) is 4.27. The van der Waals surface area contributed by atoms with E-state index in [0.717, 1.165) is 15.6 Å². The second-order valence-electron chi connectivity index (χ2n) is 6.54. The van der Waals surface area contributed by atoms with E-state index in [1.54, 1.807) is 23.8 Å². The number of aryl methyl sites for hydroxylation is 2. The molecular formula is C21H21BrN2O3S. The highest BCUT2D eigenvalue weighted by atomic mass is 79.9. The molecule has 1 aromatic heterocycles. The number of rotatable bonds is 7. The Hall–Kier alpha value is -1.96. The minimum absolute atomic E-state index is 0.0194. The fourth-order valence-electron chi connectivity index (χ4n) is 3.00. The number of benzene rings is 2. The third-order valence-electron chi connectivity index (χ3n) is 4.41. The monoisotopic (exact) mass is 460 g/mol. The summed E-state index contributed by atoms with van der Waals surface area (Å²) >= 11 is 4.68. The van der Waals surface area contributed by atoms with Crippen molar-refractivity contribution < 1.29 is 9.53 Å². The van der Waals surface area contributed by atoms with E-state index in [0.29, 0.717) is 34.8 Å². The van der Waals surface area contributed by atoms with E-state index in [9.17, 15) is 9.59 Å². The Kier molecular flexibility index (Phi) is 6.69. The second kappa shape index (κ2) is 9.03. The van der Waals surface area contributed by atoms with Gasteiger partial charge in [0.1, 0.15) is 0 Å². The van der Waals surface area contributed by atoms with Gasteiger partial charge in [0.05, 0.1) is 29.8 Å². The highest BCUT2D eigenvalue weighted by Crippen LogP contribution is 2.22. The van der Waals surface area contributed by atoms with Gasteiger partial charge in [-0.3, -0.25) is 14.2 Å². The number of Topliss-reactive ketones (excluding diaryl/α,β-unsaturated/α-hetero) is 1. The Balaban J connectivity index is 1.93. The highest BCUT2D eigenvalue weighted by Gasteiger charge is 2.15. The van der Waals surface area contributed by atoms with Crippen LogP contribution in [0.2, 0.25) is 0 Å². The molecule has 0 aliphatic rings. The number of ketones is 1. The average molecular weight is 461 g/mol. The number of ether oxygens (including phenoxy) is 1. The van der Waals surface area contributed by atoms with Crippen molar-refractivity contribution in [2.24, 2.45) is 0 Å². The number of nitrogens with zero attached hydrogens (tertiary/aromatic N) is 2. The van der Waals surface area contributed by atoms with Crippen LogP contribution in [-0.4, -0.2) is 34.8 Å². The minimum atomic E-state index is -0.134. The van der Waals surface area contributed by atoms with E-state index in [-0.39, 0.29) is 17.1 Å². The summed E-state index contributed by atoms with van der Waals surface area (Å²) in [5.74, 6) is 0.233. The Morgan fingerprint density at radius 3 is 2.71 bits per heavy atom. The van der Waals surface area contributed by atoms with Crippen molar-refractivity contribution in [1.82, 2.24) is 9.55 Å². The Morgan fingerprint density at radius 2 is 2.00 bits per heavy atom. The molecule has 0 fully saturated rings. The van der Waals surface area contributed by atoms with Crippen LogP contribution in [0, 0.1) is 13.8 Å². The van der Waals surface area contributed by atoms with Crippen LogP contribution in [0.1, 0.15) is 21.5 Å². The van der Waals surface area contributed by atoms with E-state index < -0.39 is 0 Å². The molecule has 0 saturated carbocycles. The van der Waals surface area contributed by atoms with Gasteiger partial charge in [0.15, 0.2) is 10.9 Å². The molecule has 3 aromatic rings. The van der Waals surface area contributed by atoms with Gasteiger partial charge in [-0.15, -0.1) is 0 Å². The lowest BCUT2D eigenvalue weighted by atomic mass is 10.0. The smallest absolute Gasteiger partial charge is 0.262 e. The minimum Gasteiger partial charge on any atom is -0.383 e. The summed E-state index contributed by atoms with van der Waals surface area (Å²) in [4.78, 5) is 30.3.